The highest BCUT2D eigenvalue weighted by atomic mass is 32.1. The number of nitrogens with zero attached hydrogens (tertiary/aromatic N) is 3. The number of nitrogens with one attached hydrogen (secondary N) is 1. The number of anilines is 1. The van der Waals surface area contributed by atoms with Gasteiger partial charge in [0, 0.05) is 17.8 Å². The Labute approximate surface area is 90.2 Å². The minimum atomic E-state index is -0.291. The number of carbonyl (C=O) groups is 1. The molecule has 0 aliphatic rings. The molecule has 0 saturated heterocycles. The Morgan fingerprint density at radius 1 is 1.47 bits per heavy atom. The second kappa shape index (κ2) is 4.14. The zero-order chi connectivity index (χ0) is 10.7. The Morgan fingerprint density at radius 2 is 2.33 bits per heavy atom. The summed E-state index contributed by atoms with van der Waals surface area (Å²) in [5, 5.41) is 4.98. The largest absolute Gasteiger partial charge is 0.296 e. The number of carbonyl (C=O) groups excluding carboxylic acids is 1. The van der Waals surface area contributed by atoms with Gasteiger partial charge >= 0.3 is 0 Å². The molecule has 0 saturated carbocycles. The van der Waals surface area contributed by atoms with Crippen LogP contribution >= 0.6 is 11.3 Å². The maximum atomic E-state index is 11.6. The summed E-state index contributed by atoms with van der Waals surface area (Å²) < 4.78 is 0. The smallest absolute Gasteiger partial charge is 0.277 e. The molecule has 2 rings (SSSR count). The molecule has 5 nitrogen and oxygen atoms in total. The second-order valence-electron chi connectivity index (χ2n) is 2.84. The summed E-state index contributed by atoms with van der Waals surface area (Å²) in [6, 6.07) is 0. The molecule has 76 valence electrons. The predicted molar refractivity (Wildman–Crippen MR) is 56.8 cm³/mol. The van der Waals surface area contributed by atoms with Crippen molar-refractivity contribution >= 4 is 22.4 Å². The third-order valence-electron chi connectivity index (χ3n) is 1.64. The molecule has 2 heterocycles. The van der Waals surface area contributed by atoms with Crippen molar-refractivity contribution in [3.8, 4) is 0 Å². The summed E-state index contributed by atoms with van der Waals surface area (Å²) in [5.41, 5.74) is 1.01. The maximum Gasteiger partial charge on any atom is 0.277 e. The summed E-state index contributed by atoms with van der Waals surface area (Å²) in [6.07, 6.45) is 4.65. The predicted octanol–water partition coefficient (Wildman–Crippen LogP) is 1.49. The monoisotopic (exact) mass is 220 g/mol. The Balaban J connectivity index is 2.15. The molecular weight excluding hydrogens is 212 g/mol. The molecule has 0 aromatic carbocycles. The fraction of sp³-hybridized carbons (Fsp3) is 0.111. The second-order valence-corrected chi connectivity index (χ2v) is 3.73. The van der Waals surface area contributed by atoms with Gasteiger partial charge in [-0.05, 0) is 6.92 Å². The van der Waals surface area contributed by atoms with Gasteiger partial charge in [-0.15, -0.1) is 11.3 Å². The Hall–Kier alpha value is -1.82. The van der Waals surface area contributed by atoms with Gasteiger partial charge in [0.2, 0.25) is 0 Å². The average Bonchev–Trinajstić information content (AvgIpc) is 2.70. The van der Waals surface area contributed by atoms with Gasteiger partial charge < -0.3 is 0 Å². The average molecular weight is 220 g/mol. The van der Waals surface area contributed by atoms with Crippen LogP contribution in [0.2, 0.25) is 0 Å². The molecule has 2 aromatic rings. The summed E-state index contributed by atoms with van der Waals surface area (Å²) >= 11 is 1.36. The zero-order valence-corrected chi connectivity index (χ0v) is 8.78. The van der Waals surface area contributed by atoms with E-state index in [9.17, 15) is 4.79 Å². The number of hydrogen-bond donors (Lipinski definition) is 1. The van der Waals surface area contributed by atoms with E-state index >= 15 is 0 Å². The first-order valence-electron chi connectivity index (χ1n) is 4.25. The lowest BCUT2D eigenvalue weighted by atomic mass is 10.4. The first-order valence-corrected chi connectivity index (χ1v) is 5.13. The van der Waals surface area contributed by atoms with E-state index in [1.165, 1.54) is 17.5 Å². The highest BCUT2D eigenvalue weighted by Gasteiger charge is 2.08. The van der Waals surface area contributed by atoms with Crippen LogP contribution < -0.4 is 5.32 Å². The topological polar surface area (TPSA) is 67.8 Å². The molecule has 0 spiro atoms. The van der Waals surface area contributed by atoms with Crippen molar-refractivity contribution in [2.75, 3.05) is 5.32 Å². The number of thiazole rings is 1. The molecule has 0 radical (unpaired) electrons. The Kier molecular flexibility index (Phi) is 2.68. The first-order chi connectivity index (χ1) is 7.25. The molecule has 15 heavy (non-hydrogen) atoms. The van der Waals surface area contributed by atoms with Gasteiger partial charge in [0.15, 0.2) is 5.13 Å². The van der Waals surface area contributed by atoms with Crippen molar-refractivity contribution in [1.29, 1.82) is 0 Å². The first kappa shape index (κ1) is 9.72. The minimum absolute atomic E-state index is 0.291. The molecule has 0 atom stereocenters. The number of aromatic nitrogens is 3. The molecule has 0 aliphatic carbocycles. The number of rotatable bonds is 2. The van der Waals surface area contributed by atoms with E-state index in [4.69, 9.17) is 0 Å². The molecule has 0 bridgehead atoms. The normalized spacial score (nSPS) is 9.93. The fourth-order valence-electron chi connectivity index (χ4n) is 1.02. The van der Waals surface area contributed by atoms with E-state index in [1.54, 1.807) is 24.7 Å². The lowest BCUT2D eigenvalue weighted by Gasteiger charge is -2.00. The third kappa shape index (κ3) is 2.35. The number of amides is 1. The molecular formula is C9H8N4OS. The zero-order valence-electron chi connectivity index (χ0n) is 7.97. The van der Waals surface area contributed by atoms with E-state index < -0.39 is 0 Å². The van der Waals surface area contributed by atoms with Gasteiger partial charge in [-0.25, -0.2) is 9.97 Å². The van der Waals surface area contributed by atoms with Gasteiger partial charge in [-0.3, -0.25) is 15.1 Å². The molecule has 0 fully saturated rings. The van der Waals surface area contributed by atoms with Crippen LogP contribution in [0.25, 0.3) is 0 Å². The molecule has 0 aliphatic heterocycles. The van der Waals surface area contributed by atoms with E-state index in [1.807, 2.05) is 0 Å². The third-order valence-corrected chi connectivity index (χ3v) is 2.33. The quantitative estimate of drug-likeness (QED) is 0.832. The van der Waals surface area contributed by atoms with Crippen molar-refractivity contribution in [3.63, 3.8) is 0 Å². The summed E-state index contributed by atoms with van der Waals surface area (Å²) in [5.74, 6) is -0.291. The van der Waals surface area contributed by atoms with Gasteiger partial charge in [0.25, 0.3) is 5.91 Å². The van der Waals surface area contributed by atoms with Crippen molar-refractivity contribution in [1.82, 2.24) is 15.0 Å². The van der Waals surface area contributed by atoms with Crippen molar-refractivity contribution < 1.29 is 4.79 Å². The highest BCUT2D eigenvalue weighted by Crippen LogP contribution is 2.11. The maximum absolute atomic E-state index is 11.6. The number of hydrogen-bond acceptors (Lipinski definition) is 5. The standard InChI is InChI=1S/C9H8N4OS/c1-6-4-10-5-7(12-6)8(14)13-9-11-2-3-15-9/h2-5H,1H3,(H,11,13,14). The van der Waals surface area contributed by atoms with Crippen LogP contribution in [0.3, 0.4) is 0 Å². The lowest BCUT2D eigenvalue weighted by Crippen LogP contribution is -2.14. The van der Waals surface area contributed by atoms with E-state index in [0.29, 0.717) is 16.5 Å². The van der Waals surface area contributed by atoms with Gasteiger partial charge in [-0.2, -0.15) is 0 Å². The van der Waals surface area contributed by atoms with Gasteiger partial charge in [0.05, 0.1) is 11.9 Å². The van der Waals surface area contributed by atoms with Crippen LogP contribution in [0.1, 0.15) is 16.2 Å². The van der Waals surface area contributed by atoms with Crippen LogP contribution in [0.4, 0.5) is 5.13 Å². The van der Waals surface area contributed by atoms with Crippen LogP contribution in [-0.4, -0.2) is 20.9 Å². The fourth-order valence-corrected chi connectivity index (χ4v) is 1.54. The van der Waals surface area contributed by atoms with Crippen LogP contribution in [0.5, 0.6) is 0 Å². The summed E-state index contributed by atoms with van der Waals surface area (Å²) in [4.78, 5) is 23.5. The van der Waals surface area contributed by atoms with Gasteiger partial charge in [0.1, 0.15) is 5.69 Å². The van der Waals surface area contributed by atoms with E-state index in [2.05, 4.69) is 20.3 Å². The van der Waals surface area contributed by atoms with Gasteiger partial charge in [-0.1, -0.05) is 0 Å². The van der Waals surface area contributed by atoms with Crippen molar-refractivity contribution in [3.05, 3.63) is 35.4 Å². The molecule has 1 N–H and O–H groups in total. The van der Waals surface area contributed by atoms with Crippen LogP contribution in [-0.2, 0) is 0 Å². The Bertz CT molecular complexity index is 469. The molecule has 2 aromatic heterocycles. The molecule has 6 heteroatoms. The van der Waals surface area contributed by atoms with E-state index in [0.717, 1.165) is 0 Å². The molecule has 1 amide bonds. The van der Waals surface area contributed by atoms with Crippen LogP contribution in [0.15, 0.2) is 24.0 Å². The minimum Gasteiger partial charge on any atom is -0.296 e. The summed E-state index contributed by atoms with van der Waals surface area (Å²) in [6.45, 7) is 1.78. The SMILES string of the molecule is Cc1cncc(C(=O)Nc2nccs2)n1. The Morgan fingerprint density at radius 3 is 3.00 bits per heavy atom. The molecule has 0 unspecified atom stereocenters. The van der Waals surface area contributed by atoms with Crippen LogP contribution in [0, 0.1) is 6.92 Å². The summed E-state index contributed by atoms with van der Waals surface area (Å²) in [7, 11) is 0. The lowest BCUT2D eigenvalue weighted by molar-refractivity contribution is 0.102. The van der Waals surface area contributed by atoms with E-state index in [-0.39, 0.29) is 5.91 Å². The van der Waals surface area contributed by atoms with Crippen molar-refractivity contribution in [2.45, 2.75) is 6.92 Å². The number of aryl methyl sites for hydroxylation is 1. The highest BCUT2D eigenvalue weighted by molar-refractivity contribution is 7.13. The van der Waals surface area contributed by atoms with Crippen molar-refractivity contribution in [2.24, 2.45) is 0 Å².